The summed E-state index contributed by atoms with van der Waals surface area (Å²) in [6.07, 6.45) is 1.61. The van der Waals surface area contributed by atoms with Crippen LogP contribution < -0.4 is 5.14 Å². The average molecular weight is 214 g/mol. The lowest BCUT2D eigenvalue weighted by Crippen LogP contribution is -2.09. The third kappa shape index (κ3) is 1.55. The fourth-order valence-corrected chi connectivity index (χ4v) is 2.75. The van der Waals surface area contributed by atoms with E-state index >= 15 is 0 Å². The molecule has 6 heteroatoms. The van der Waals surface area contributed by atoms with Crippen molar-refractivity contribution in [2.24, 2.45) is 5.14 Å². The average Bonchev–Trinajstić information content (AvgIpc) is 2.45. The number of fused-ring (bicyclic) bond motifs is 1. The highest BCUT2D eigenvalue weighted by atomic mass is 32.2. The van der Waals surface area contributed by atoms with Gasteiger partial charge in [0, 0.05) is 6.20 Å². The van der Waals surface area contributed by atoms with Crippen LogP contribution >= 0.6 is 11.3 Å². The van der Waals surface area contributed by atoms with E-state index in [0.29, 0.717) is 5.52 Å². The number of nitrogens with zero attached hydrogens (tertiary/aromatic N) is 1. The van der Waals surface area contributed by atoms with Crippen molar-refractivity contribution in [1.82, 2.24) is 4.98 Å². The lowest BCUT2D eigenvalue weighted by atomic mass is 10.4. The minimum absolute atomic E-state index is 0.154. The number of sulfonamides is 1. The van der Waals surface area contributed by atoms with Crippen molar-refractivity contribution < 1.29 is 8.42 Å². The summed E-state index contributed by atoms with van der Waals surface area (Å²) in [6, 6.07) is 5.04. The van der Waals surface area contributed by atoms with Crippen molar-refractivity contribution >= 4 is 31.6 Å². The SMILES string of the molecule is NS(=O)(=O)c1cc2ncccc2s1. The standard InChI is InChI=1S/C7H6N2O2S2/c8-13(10,11)7-4-5-6(12-7)2-1-3-9-5/h1-4H,(H2,8,10,11). The Balaban J connectivity index is 2.77. The number of aromatic nitrogens is 1. The van der Waals surface area contributed by atoms with Gasteiger partial charge in [0.1, 0.15) is 4.21 Å². The van der Waals surface area contributed by atoms with Crippen molar-refractivity contribution in [1.29, 1.82) is 0 Å². The van der Waals surface area contributed by atoms with Crippen LogP contribution in [0.2, 0.25) is 0 Å². The molecule has 0 aliphatic rings. The molecule has 0 amide bonds. The first kappa shape index (κ1) is 8.61. The Hall–Kier alpha value is -0.980. The van der Waals surface area contributed by atoms with Gasteiger partial charge in [-0.3, -0.25) is 4.98 Å². The van der Waals surface area contributed by atoms with Crippen LogP contribution in [0.3, 0.4) is 0 Å². The molecule has 0 saturated carbocycles. The van der Waals surface area contributed by atoms with Gasteiger partial charge in [-0.25, -0.2) is 13.6 Å². The molecule has 0 unspecified atom stereocenters. The van der Waals surface area contributed by atoms with Crippen molar-refractivity contribution in [2.45, 2.75) is 4.21 Å². The first-order chi connectivity index (χ1) is 6.07. The maximum Gasteiger partial charge on any atom is 0.247 e. The van der Waals surface area contributed by atoms with Crippen molar-refractivity contribution in [3.8, 4) is 0 Å². The Bertz CT molecular complexity index is 511. The molecule has 0 aliphatic carbocycles. The van der Waals surface area contributed by atoms with E-state index in [4.69, 9.17) is 5.14 Å². The summed E-state index contributed by atoms with van der Waals surface area (Å²) in [4.78, 5) is 4.01. The predicted octanol–water partition coefficient (Wildman–Crippen LogP) is 0.944. The second kappa shape index (κ2) is 2.76. The predicted molar refractivity (Wildman–Crippen MR) is 51.0 cm³/mol. The van der Waals surface area contributed by atoms with Crippen LogP contribution in [0.5, 0.6) is 0 Å². The van der Waals surface area contributed by atoms with Crippen LogP contribution in [-0.2, 0) is 10.0 Å². The Morgan fingerprint density at radius 2 is 2.23 bits per heavy atom. The number of pyridine rings is 1. The Labute approximate surface area is 79.1 Å². The Kier molecular flexibility index (Phi) is 1.83. The van der Waals surface area contributed by atoms with Gasteiger partial charge in [-0.2, -0.15) is 0 Å². The van der Waals surface area contributed by atoms with Crippen LogP contribution in [0.25, 0.3) is 10.2 Å². The van der Waals surface area contributed by atoms with E-state index in [9.17, 15) is 8.42 Å². The van der Waals surface area contributed by atoms with Gasteiger partial charge in [-0.1, -0.05) is 0 Å². The second-order valence-electron chi connectivity index (χ2n) is 2.50. The lowest BCUT2D eigenvalue weighted by Gasteiger charge is -1.86. The van der Waals surface area contributed by atoms with Crippen molar-refractivity contribution in [2.75, 3.05) is 0 Å². The molecule has 2 heterocycles. The maximum atomic E-state index is 11.0. The highest BCUT2D eigenvalue weighted by molar-refractivity contribution is 7.91. The number of hydrogen-bond acceptors (Lipinski definition) is 4. The third-order valence-electron chi connectivity index (χ3n) is 1.55. The molecule has 4 nitrogen and oxygen atoms in total. The van der Waals surface area contributed by atoms with Crippen LogP contribution in [0.4, 0.5) is 0 Å². The number of rotatable bonds is 1. The molecule has 68 valence electrons. The highest BCUT2D eigenvalue weighted by Crippen LogP contribution is 2.25. The van der Waals surface area contributed by atoms with Crippen molar-refractivity contribution in [3.63, 3.8) is 0 Å². The van der Waals surface area contributed by atoms with Gasteiger partial charge >= 0.3 is 0 Å². The van der Waals surface area contributed by atoms with Crippen LogP contribution in [-0.4, -0.2) is 13.4 Å². The monoisotopic (exact) mass is 214 g/mol. The van der Waals surface area contributed by atoms with Gasteiger partial charge in [-0.15, -0.1) is 11.3 Å². The van der Waals surface area contributed by atoms with E-state index in [2.05, 4.69) is 4.98 Å². The zero-order valence-corrected chi connectivity index (χ0v) is 8.10. The zero-order valence-electron chi connectivity index (χ0n) is 6.47. The summed E-state index contributed by atoms with van der Waals surface area (Å²) in [7, 11) is -3.59. The maximum absolute atomic E-state index is 11.0. The fourth-order valence-electron chi connectivity index (χ4n) is 0.987. The summed E-state index contributed by atoms with van der Waals surface area (Å²) >= 11 is 1.13. The molecule has 2 aromatic rings. The zero-order chi connectivity index (χ0) is 9.47. The van der Waals surface area contributed by atoms with Gasteiger partial charge in [-0.05, 0) is 18.2 Å². The molecule has 0 fully saturated rings. The van der Waals surface area contributed by atoms with Crippen molar-refractivity contribution in [3.05, 3.63) is 24.4 Å². The number of primary sulfonamides is 1. The highest BCUT2D eigenvalue weighted by Gasteiger charge is 2.11. The molecule has 0 atom stereocenters. The smallest absolute Gasteiger partial charge is 0.247 e. The summed E-state index contributed by atoms with van der Waals surface area (Å²) in [5.74, 6) is 0. The van der Waals surface area contributed by atoms with Gasteiger partial charge in [0.2, 0.25) is 10.0 Å². The van der Waals surface area contributed by atoms with E-state index in [-0.39, 0.29) is 4.21 Å². The Morgan fingerprint density at radius 3 is 2.85 bits per heavy atom. The van der Waals surface area contributed by atoms with Gasteiger partial charge in [0.05, 0.1) is 10.2 Å². The first-order valence-electron chi connectivity index (χ1n) is 3.45. The topological polar surface area (TPSA) is 73.1 Å². The fraction of sp³-hybridized carbons (Fsp3) is 0. The van der Waals surface area contributed by atoms with Crippen LogP contribution in [0.15, 0.2) is 28.6 Å². The molecule has 2 rings (SSSR count). The largest absolute Gasteiger partial charge is 0.255 e. The third-order valence-corrected chi connectivity index (χ3v) is 4.06. The lowest BCUT2D eigenvalue weighted by molar-refractivity contribution is 0.600. The summed E-state index contributed by atoms with van der Waals surface area (Å²) in [5.41, 5.74) is 0.663. The summed E-state index contributed by atoms with van der Waals surface area (Å²) in [6.45, 7) is 0. The number of nitrogens with two attached hydrogens (primary N) is 1. The van der Waals surface area contributed by atoms with E-state index in [0.717, 1.165) is 16.0 Å². The normalized spacial score (nSPS) is 12.1. The molecule has 13 heavy (non-hydrogen) atoms. The number of hydrogen-bond donors (Lipinski definition) is 1. The molecule has 0 aliphatic heterocycles. The molecular formula is C7H6N2O2S2. The molecule has 0 saturated heterocycles. The first-order valence-corrected chi connectivity index (χ1v) is 5.81. The molecule has 2 aromatic heterocycles. The molecule has 0 aromatic carbocycles. The molecule has 2 N–H and O–H groups in total. The summed E-state index contributed by atoms with van der Waals surface area (Å²) in [5, 5.41) is 4.98. The van der Waals surface area contributed by atoms with E-state index in [1.165, 1.54) is 6.07 Å². The van der Waals surface area contributed by atoms with E-state index in [1.807, 2.05) is 6.07 Å². The van der Waals surface area contributed by atoms with E-state index < -0.39 is 10.0 Å². The van der Waals surface area contributed by atoms with Gasteiger partial charge < -0.3 is 0 Å². The van der Waals surface area contributed by atoms with Gasteiger partial charge in [0.25, 0.3) is 0 Å². The molecule has 0 bridgehead atoms. The number of thiophene rings is 1. The van der Waals surface area contributed by atoms with Crippen LogP contribution in [0.1, 0.15) is 0 Å². The quantitative estimate of drug-likeness (QED) is 0.767. The molecule has 0 radical (unpaired) electrons. The minimum Gasteiger partial charge on any atom is -0.255 e. The second-order valence-corrected chi connectivity index (χ2v) is 5.37. The summed E-state index contributed by atoms with van der Waals surface area (Å²) < 4.78 is 22.9. The van der Waals surface area contributed by atoms with Gasteiger partial charge in [0.15, 0.2) is 0 Å². The minimum atomic E-state index is -3.59. The molecular weight excluding hydrogens is 208 g/mol. The Morgan fingerprint density at radius 1 is 1.46 bits per heavy atom. The van der Waals surface area contributed by atoms with E-state index in [1.54, 1.807) is 12.3 Å². The molecule has 0 spiro atoms. The van der Waals surface area contributed by atoms with Crippen LogP contribution in [0, 0.1) is 0 Å².